The van der Waals surface area contributed by atoms with E-state index in [0.29, 0.717) is 6.54 Å². The molecule has 1 saturated heterocycles. The Morgan fingerprint density at radius 2 is 1.93 bits per heavy atom. The van der Waals surface area contributed by atoms with Gasteiger partial charge in [-0.1, -0.05) is 18.2 Å². The third-order valence-electron chi connectivity index (χ3n) is 5.68. The van der Waals surface area contributed by atoms with Crippen LogP contribution < -0.4 is 9.47 Å². The Morgan fingerprint density at radius 1 is 1.11 bits per heavy atom. The number of methoxy groups -OCH3 is 2. The van der Waals surface area contributed by atoms with Gasteiger partial charge in [-0.05, 0) is 49.4 Å². The maximum atomic E-state index is 13.3. The van der Waals surface area contributed by atoms with E-state index in [1.165, 1.54) is 5.39 Å². The van der Waals surface area contributed by atoms with Gasteiger partial charge >= 0.3 is 0 Å². The molecule has 0 bridgehead atoms. The van der Waals surface area contributed by atoms with Crippen molar-refractivity contribution >= 4 is 16.8 Å². The van der Waals surface area contributed by atoms with E-state index in [1.54, 1.807) is 14.2 Å². The van der Waals surface area contributed by atoms with Crippen LogP contribution in [0.4, 0.5) is 0 Å². The summed E-state index contributed by atoms with van der Waals surface area (Å²) in [7, 11) is 3.30. The van der Waals surface area contributed by atoms with Crippen LogP contribution in [0.5, 0.6) is 11.5 Å². The van der Waals surface area contributed by atoms with E-state index in [-0.39, 0.29) is 11.9 Å². The molecule has 146 valence electrons. The molecule has 1 unspecified atom stereocenters. The second kappa shape index (κ2) is 7.58. The van der Waals surface area contributed by atoms with Crippen molar-refractivity contribution in [2.24, 2.45) is 0 Å². The average molecular weight is 378 g/mol. The lowest BCUT2D eigenvalue weighted by molar-refractivity contribution is -0.132. The monoisotopic (exact) mass is 378 g/mol. The number of rotatable bonds is 5. The lowest BCUT2D eigenvalue weighted by Gasteiger charge is -2.27. The molecule has 0 aliphatic carbocycles. The third-order valence-corrected chi connectivity index (χ3v) is 5.68. The Hall–Kier alpha value is -2.95. The van der Waals surface area contributed by atoms with E-state index in [2.05, 4.69) is 29.7 Å². The number of hydrogen-bond acceptors (Lipinski definition) is 3. The van der Waals surface area contributed by atoms with Crippen LogP contribution in [0.1, 0.15) is 30.1 Å². The molecule has 1 amide bonds. The first-order chi connectivity index (χ1) is 13.6. The highest BCUT2D eigenvalue weighted by molar-refractivity contribution is 5.84. The molecule has 0 radical (unpaired) electrons. The summed E-state index contributed by atoms with van der Waals surface area (Å²) >= 11 is 0. The summed E-state index contributed by atoms with van der Waals surface area (Å²) in [6.07, 6.45) is 1.94. The first-order valence-electron chi connectivity index (χ1n) is 9.68. The molecule has 5 heteroatoms. The van der Waals surface area contributed by atoms with Gasteiger partial charge in [0.15, 0.2) is 0 Å². The molecule has 1 aliphatic rings. The number of aryl methyl sites for hydroxylation is 1. The second-order valence-electron chi connectivity index (χ2n) is 7.28. The maximum absolute atomic E-state index is 13.3. The fourth-order valence-corrected chi connectivity index (χ4v) is 4.27. The molecule has 3 aromatic rings. The Morgan fingerprint density at radius 3 is 2.71 bits per heavy atom. The van der Waals surface area contributed by atoms with Gasteiger partial charge in [-0.2, -0.15) is 0 Å². The fraction of sp³-hybridized carbons (Fsp3) is 0.348. The highest BCUT2D eigenvalue weighted by Crippen LogP contribution is 2.39. The van der Waals surface area contributed by atoms with E-state index in [1.807, 2.05) is 35.2 Å². The summed E-state index contributed by atoms with van der Waals surface area (Å²) < 4.78 is 13.0. The lowest BCUT2D eigenvalue weighted by Crippen LogP contribution is -2.33. The smallest absolute Gasteiger partial charge is 0.243 e. The number of para-hydroxylation sites is 1. The van der Waals surface area contributed by atoms with Crippen molar-refractivity contribution in [3.05, 3.63) is 59.8 Å². The van der Waals surface area contributed by atoms with Gasteiger partial charge in [0, 0.05) is 29.4 Å². The van der Waals surface area contributed by atoms with Gasteiger partial charge in [-0.15, -0.1) is 0 Å². The van der Waals surface area contributed by atoms with Gasteiger partial charge < -0.3 is 18.9 Å². The summed E-state index contributed by atoms with van der Waals surface area (Å²) in [5.41, 5.74) is 3.25. The first-order valence-corrected chi connectivity index (χ1v) is 9.68. The summed E-state index contributed by atoms with van der Waals surface area (Å²) in [6, 6.07) is 16.2. The van der Waals surface area contributed by atoms with E-state index in [0.717, 1.165) is 47.7 Å². The quantitative estimate of drug-likeness (QED) is 0.664. The highest BCUT2D eigenvalue weighted by Gasteiger charge is 2.32. The fourth-order valence-electron chi connectivity index (χ4n) is 4.27. The van der Waals surface area contributed by atoms with Crippen molar-refractivity contribution in [1.82, 2.24) is 9.47 Å². The van der Waals surface area contributed by atoms with Crippen LogP contribution in [0, 0.1) is 6.92 Å². The number of likely N-dealkylation sites (tertiary alicyclic amines) is 1. The number of benzene rings is 2. The molecule has 1 aromatic heterocycles. The number of amides is 1. The van der Waals surface area contributed by atoms with Crippen molar-refractivity contribution in [2.75, 3.05) is 20.8 Å². The van der Waals surface area contributed by atoms with E-state index in [9.17, 15) is 4.79 Å². The van der Waals surface area contributed by atoms with Gasteiger partial charge in [-0.3, -0.25) is 4.79 Å². The zero-order valence-electron chi connectivity index (χ0n) is 16.6. The van der Waals surface area contributed by atoms with Crippen LogP contribution in [0.2, 0.25) is 0 Å². The largest absolute Gasteiger partial charge is 0.497 e. The molecule has 5 nitrogen and oxygen atoms in total. The predicted molar refractivity (Wildman–Crippen MR) is 110 cm³/mol. The third kappa shape index (κ3) is 3.21. The molecule has 1 fully saturated rings. The van der Waals surface area contributed by atoms with Gasteiger partial charge in [0.2, 0.25) is 5.91 Å². The zero-order valence-corrected chi connectivity index (χ0v) is 16.6. The van der Waals surface area contributed by atoms with Crippen LogP contribution in [0.25, 0.3) is 10.9 Å². The number of carbonyl (C=O) groups excluding carboxylic acids is 1. The van der Waals surface area contributed by atoms with Gasteiger partial charge in [-0.25, -0.2) is 0 Å². The topological polar surface area (TPSA) is 43.7 Å². The molecule has 0 saturated carbocycles. The van der Waals surface area contributed by atoms with Crippen molar-refractivity contribution in [2.45, 2.75) is 32.4 Å². The molecule has 4 rings (SSSR count). The van der Waals surface area contributed by atoms with Gasteiger partial charge in [0.25, 0.3) is 0 Å². The van der Waals surface area contributed by atoms with Crippen molar-refractivity contribution < 1.29 is 14.3 Å². The number of fused-ring (bicyclic) bond motifs is 1. The van der Waals surface area contributed by atoms with Crippen LogP contribution in [-0.4, -0.2) is 36.1 Å². The summed E-state index contributed by atoms with van der Waals surface area (Å²) in [5, 5.41) is 1.17. The molecule has 28 heavy (non-hydrogen) atoms. The van der Waals surface area contributed by atoms with Crippen LogP contribution in [-0.2, 0) is 11.3 Å². The minimum absolute atomic E-state index is 0.0375. The zero-order chi connectivity index (χ0) is 19.7. The molecule has 2 heterocycles. The lowest BCUT2D eigenvalue weighted by atomic mass is 10.0. The van der Waals surface area contributed by atoms with E-state index in [4.69, 9.17) is 9.47 Å². The molecule has 2 aromatic carbocycles. The highest BCUT2D eigenvalue weighted by atomic mass is 16.5. The SMILES string of the molecule is COc1ccc(C2CCCN2C(=O)Cn2c(C)cc3ccccc32)c(OC)c1. The molecule has 1 aliphatic heterocycles. The number of carbonyl (C=O) groups is 1. The second-order valence-corrected chi connectivity index (χ2v) is 7.28. The maximum Gasteiger partial charge on any atom is 0.243 e. The first kappa shape index (κ1) is 18.4. The van der Waals surface area contributed by atoms with Gasteiger partial charge in [0.05, 0.1) is 20.3 Å². The van der Waals surface area contributed by atoms with Crippen molar-refractivity contribution in [3.63, 3.8) is 0 Å². The van der Waals surface area contributed by atoms with Crippen molar-refractivity contribution in [3.8, 4) is 11.5 Å². The standard InChI is InChI=1S/C23H26N2O3/c1-16-13-17-7-4-5-8-20(17)25(16)15-23(26)24-12-6-9-21(24)19-11-10-18(27-2)14-22(19)28-3/h4-5,7-8,10-11,13-14,21H,6,9,12,15H2,1-3H3. The number of hydrogen-bond donors (Lipinski definition) is 0. The average Bonchev–Trinajstić information content (AvgIpc) is 3.32. The minimum Gasteiger partial charge on any atom is -0.497 e. The van der Waals surface area contributed by atoms with Crippen molar-refractivity contribution in [1.29, 1.82) is 0 Å². The number of ether oxygens (including phenoxy) is 2. The number of aromatic nitrogens is 1. The molecule has 1 atom stereocenters. The Balaban J connectivity index is 1.61. The molecular formula is C23H26N2O3. The Kier molecular flexibility index (Phi) is 4.99. The summed E-state index contributed by atoms with van der Waals surface area (Å²) in [4.78, 5) is 15.3. The molecule has 0 N–H and O–H groups in total. The Labute approximate surface area is 165 Å². The normalized spacial score (nSPS) is 16.5. The molecule has 0 spiro atoms. The molecular weight excluding hydrogens is 352 g/mol. The summed E-state index contributed by atoms with van der Waals surface area (Å²) in [5.74, 6) is 1.67. The van der Waals surface area contributed by atoms with Crippen LogP contribution in [0.3, 0.4) is 0 Å². The summed E-state index contributed by atoms with van der Waals surface area (Å²) in [6.45, 7) is 3.19. The van der Waals surface area contributed by atoms with Crippen LogP contribution in [0.15, 0.2) is 48.5 Å². The predicted octanol–water partition coefficient (Wildman–Crippen LogP) is 4.33. The Bertz CT molecular complexity index is 1010. The van der Waals surface area contributed by atoms with Gasteiger partial charge in [0.1, 0.15) is 18.0 Å². The van der Waals surface area contributed by atoms with Crippen LogP contribution >= 0.6 is 0 Å². The van der Waals surface area contributed by atoms with E-state index >= 15 is 0 Å². The van der Waals surface area contributed by atoms with E-state index < -0.39 is 0 Å². The minimum atomic E-state index is 0.0375. The number of nitrogens with zero attached hydrogens (tertiary/aromatic N) is 2.